The average molecular weight is 350 g/mol. The van der Waals surface area contributed by atoms with Crippen molar-refractivity contribution >= 4 is 17.3 Å². The summed E-state index contributed by atoms with van der Waals surface area (Å²) in [6.45, 7) is 2.08. The molecular weight excluding hydrogens is 332 g/mol. The molecule has 6 heteroatoms. The zero-order valence-corrected chi connectivity index (χ0v) is 14.5. The summed E-state index contributed by atoms with van der Waals surface area (Å²) in [5, 5.41) is 10.7. The van der Waals surface area contributed by atoms with Crippen molar-refractivity contribution in [3.63, 3.8) is 0 Å². The molecule has 1 heterocycles. The molecule has 0 atom stereocenters. The SMILES string of the molecule is CCc1ccc(N(C)C(=O)c2ccc(-c3ccc([N+](=O)[O-])cc3)o2)cc1. The van der Waals surface area contributed by atoms with Gasteiger partial charge in [0.2, 0.25) is 0 Å². The molecule has 132 valence electrons. The molecule has 26 heavy (non-hydrogen) atoms. The smallest absolute Gasteiger partial charge is 0.293 e. The first-order valence-corrected chi connectivity index (χ1v) is 8.21. The molecule has 0 spiro atoms. The van der Waals surface area contributed by atoms with E-state index < -0.39 is 4.92 Å². The monoisotopic (exact) mass is 350 g/mol. The number of rotatable bonds is 5. The largest absolute Gasteiger partial charge is 0.451 e. The first-order valence-electron chi connectivity index (χ1n) is 8.21. The van der Waals surface area contributed by atoms with Crippen LogP contribution in [0.15, 0.2) is 65.1 Å². The zero-order chi connectivity index (χ0) is 18.7. The summed E-state index contributed by atoms with van der Waals surface area (Å²) in [5.41, 5.74) is 2.66. The van der Waals surface area contributed by atoms with Gasteiger partial charge in [-0.15, -0.1) is 0 Å². The molecule has 3 rings (SSSR count). The quantitative estimate of drug-likeness (QED) is 0.494. The van der Waals surface area contributed by atoms with E-state index in [-0.39, 0.29) is 17.4 Å². The van der Waals surface area contributed by atoms with E-state index in [4.69, 9.17) is 4.42 Å². The molecule has 0 aliphatic heterocycles. The van der Waals surface area contributed by atoms with Crippen molar-refractivity contribution in [2.24, 2.45) is 0 Å². The van der Waals surface area contributed by atoms with Gasteiger partial charge in [0, 0.05) is 30.4 Å². The molecule has 0 N–H and O–H groups in total. The number of anilines is 1. The third-order valence-corrected chi connectivity index (χ3v) is 4.22. The van der Waals surface area contributed by atoms with E-state index in [0.29, 0.717) is 11.3 Å². The number of amides is 1. The lowest BCUT2D eigenvalue weighted by Crippen LogP contribution is -2.25. The number of benzene rings is 2. The molecule has 1 amide bonds. The molecule has 3 aromatic rings. The number of nitro groups is 1. The topological polar surface area (TPSA) is 76.6 Å². The number of carbonyl (C=O) groups is 1. The molecule has 0 saturated heterocycles. The van der Waals surface area contributed by atoms with Crippen LogP contribution in [0.4, 0.5) is 11.4 Å². The minimum atomic E-state index is -0.459. The van der Waals surface area contributed by atoms with E-state index in [0.717, 1.165) is 12.1 Å². The van der Waals surface area contributed by atoms with Gasteiger partial charge < -0.3 is 9.32 Å². The van der Waals surface area contributed by atoms with Gasteiger partial charge in [-0.25, -0.2) is 0 Å². The Morgan fingerprint density at radius 1 is 1.04 bits per heavy atom. The highest BCUT2D eigenvalue weighted by atomic mass is 16.6. The van der Waals surface area contributed by atoms with Crippen LogP contribution < -0.4 is 4.90 Å². The van der Waals surface area contributed by atoms with Gasteiger partial charge >= 0.3 is 0 Å². The Kier molecular flexibility index (Phi) is 4.84. The van der Waals surface area contributed by atoms with Gasteiger partial charge in [0.25, 0.3) is 11.6 Å². The first-order chi connectivity index (χ1) is 12.5. The lowest BCUT2D eigenvalue weighted by molar-refractivity contribution is -0.384. The summed E-state index contributed by atoms with van der Waals surface area (Å²) in [6.07, 6.45) is 0.939. The molecule has 0 saturated carbocycles. The predicted molar refractivity (Wildman–Crippen MR) is 99.4 cm³/mol. The minimum absolute atomic E-state index is 0.00636. The summed E-state index contributed by atoms with van der Waals surface area (Å²) in [7, 11) is 1.69. The van der Waals surface area contributed by atoms with Crippen LogP contribution in [-0.4, -0.2) is 17.9 Å². The van der Waals surface area contributed by atoms with Crippen molar-refractivity contribution in [2.75, 3.05) is 11.9 Å². The number of nitro benzene ring substituents is 1. The third kappa shape index (κ3) is 3.49. The number of non-ortho nitro benzene ring substituents is 1. The fourth-order valence-corrected chi connectivity index (χ4v) is 2.59. The second-order valence-electron chi connectivity index (χ2n) is 5.85. The van der Waals surface area contributed by atoms with Crippen LogP contribution >= 0.6 is 0 Å². The molecule has 0 unspecified atom stereocenters. The Morgan fingerprint density at radius 3 is 2.27 bits per heavy atom. The van der Waals surface area contributed by atoms with Crippen molar-refractivity contribution in [1.29, 1.82) is 0 Å². The fourth-order valence-electron chi connectivity index (χ4n) is 2.59. The maximum Gasteiger partial charge on any atom is 0.293 e. The van der Waals surface area contributed by atoms with Gasteiger partial charge in [0.15, 0.2) is 5.76 Å². The third-order valence-electron chi connectivity index (χ3n) is 4.22. The number of hydrogen-bond acceptors (Lipinski definition) is 4. The Bertz CT molecular complexity index is 927. The predicted octanol–water partition coefficient (Wildman–Crippen LogP) is 4.69. The number of aryl methyl sites for hydroxylation is 1. The van der Waals surface area contributed by atoms with Crippen molar-refractivity contribution in [3.05, 3.63) is 82.1 Å². The molecule has 0 radical (unpaired) electrons. The molecule has 0 aliphatic rings. The molecule has 2 aromatic carbocycles. The summed E-state index contributed by atoms with van der Waals surface area (Å²) in [6, 6.07) is 17.1. The first kappa shape index (κ1) is 17.4. The molecule has 0 bridgehead atoms. The van der Waals surface area contributed by atoms with E-state index in [9.17, 15) is 14.9 Å². The van der Waals surface area contributed by atoms with Crippen molar-refractivity contribution < 1.29 is 14.1 Å². The van der Waals surface area contributed by atoms with E-state index >= 15 is 0 Å². The van der Waals surface area contributed by atoms with E-state index in [1.807, 2.05) is 24.3 Å². The highest BCUT2D eigenvalue weighted by molar-refractivity contribution is 6.04. The van der Waals surface area contributed by atoms with E-state index in [2.05, 4.69) is 6.92 Å². The van der Waals surface area contributed by atoms with E-state index in [1.54, 1.807) is 31.3 Å². The molecule has 0 aliphatic carbocycles. The lowest BCUT2D eigenvalue weighted by atomic mass is 10.1. The molecule has 1 aromatic heterocycles. The van der Waals surface area contributed by atoms with Crippen LogP contribution in [0.2, 0.25) is 0 Å². The van der Waals surface area contributed by atoms with Gasteiger partial charge in [0.05, 0.1) is 4.92 Å². The number of furan rings is 1. The van der Waals surface area contributed by atoms with Gasteiger partial charge in [-0.3, -0.25) is 14.9 Å². The lowest BCUT2D eigenvalue weighted by Gasteiger charge is -2.16. The highest BCUT2D eigenvalue weighted by Gasteiger charge is 2.18. The van der Waals surface area contributed by atoms with Crippen LogP contribution in [0.3, 0.4) is 0 Å². The zero-order valence-electron chi connectivity index (χ0n) is 14.5. The number of carbonyl (C=O) groups excluding carboxylic acids is 1. The van der Waals surface area contributed by atoms with Gasteiger partial charge in [0.1, 0.15) is 5.76 Å². The van der Waals surface area contributed by atoms with Crippen molar-refractivity contribution in [3.8, 4) is 11.3 Å². The van der Waals surface area contributed by atoms with Crippen molar-refractivity contribution in [1.82, 2.24) is 0 Å². The molecule has 6 nitrogen and oxygen atoms in total. The van der Waals surface area contributed by atoms with Crippen LogP contribution in [0.25, 0.3) is 11.3 Å². The summed E-state index contributed by atoms with van der Waals surface area (Å²) in [4.78, 5) is 24.4. The van der Waals surface area contributed by atoms with Crippen LogP contribution in [-0.2, 0) is 6.42 Å². The normalized spacial score (nSPS) is 10.5. The highest BCUT2D eigenvalue weighted by Crippen LogP contribution is 2.26. The Hall–Kier alpha value is -3.41. The Morgan fingerprint density at radius 2 is 1.69 bits per heavy atom. The molecular formula is C20H18N2O4. The van der Waals surface area contributed by atoms with Gasteiger partial charge in [-0.05, 0) is 48.4 Å². The van der Waals surface area contributed by atoms with E-state index in [1.165, 1.54) is 22.6 Å². The van der Waals surface area contributed by atoms with Gasteiger partial charge in [-0.2, -0.15) is 0 Å². The average Bonchev–Trinajstić information content (AvgIpc) is 3.17. The maximum atomic E-state index is 12.6. The number of hydrogen-bond donors (Lipinski definition) is 0. The van der Waals surface area contributed by atoms with Crippen molar-refractivity contribution in [2.45, 2.75) is 13.3 Å². The van der Waals surface area contributed by atoms with Crippen LogP contribution in [0, 0.1) is 10.1 Å². The fraction of sp³-hybridized carbons (Fsp3) is 0.150. The standard InChI is InChI=1S/C20H18N2O4/c1-3-14-4-8-16(9-5-14)21(2)20(23)19-13-12-18(26-19)15-6-10-17(11-7-15)22(24)25/h4-13H,3H2,1-2H3. The summed E-state index contributed by atoms with van der Waals surface area (Å²) >= 11 is 0. The minimum Gasteiger partial charge on any atom is -0.451 e. The Balaban J connectivity index is 1.79. The Labute approximate surface area is 150 Å². The second-order valence-corrected chi connectivity index (χ2v) is 5.85. The molecule has 0 fully saturated rings. The van der Waals surface area contributed by atoms with Gasteiger partial charge in [-0.1, -0.05) is 19.1 Å². The second kappa shape index (κ2) is 7.23. The van der Waals surface area contributed by atoms with Crippen LogP contribution in [0.1, 0.15) is 23.0 Å². The maximum absolute atomic E-state index is 12.6. The number of nitrogens with zero attached hydrogens (tertiary/aromatic N) is 2. The summed E-state index contributed by atoms with van der Waals surface area (Å²) < 4.78 is 5.66. The summed E-state index contributed by atoms with van der Waals surface area (Å²) in [5.74, 6) is 0.431. The van der Waals surface area contributed by atoms with Crippen LogP contribution in [0.5, 0.6) is 0 Å².